The first-order valence-corrected chi connectivity index (χ1v) is 11.1. The van der Waals surface area contributed by atoms with Crippen LogP contribution in [0.5, 0.6) is 0 Å². The van der Waals surface area contributed by atoms with Crippen molar-refractivity contribution < 1.29 is 14.6 Å². The van der Waals surface area contributed by atoms with Crippen molar-refractivity contribution in [1.82, 2.24) is 4.98 Å². The number of benzene rings is 3. The third kappa shape index (κ3) is 4.81. The Hall–Kier alpha value is -3.50. The molecule has 0 radical (unpaired) electrons. The van der Waals surface area contributed by atoms with E-state index in [0.717, 1.165) is 44.4 Å². The summed E-state index contributed by atoms with van der Waals surface area (Å²) in [7, 11) is 0. The van der Waals surface area contributed by atoms with Crippen molar-refractivity contribution in [1.29, 1.82) is 0 Å². The number of hydrogen-bond acceptors (Lipinski definition) is 3. The average Bonchev–Trinajstić information content (AvgIpc) is 2.77. The normalized spacial score (nSPS) is 12.6. The molecule has 1 aromatic heterocycles. The van der Waals surface area contributed by atoms with Crippen LogP contribution in [0.4, 0.5) is 0 Å². The second kappa shape index (κ2) is 8.80. The molecule has 0 spiro atoms. The van der Waals surface area contributed by atoms with E-state index in [2.05, 4.69) is 36.4 Å². The van der Waals surface area contributed by atoms with Crippen molar-refractivity contribution in [2.45, 2.75) is 46.3 Å². The van der Waals surface area contributed by atoms with E-state index in [1.54, 1.807) is 0 Å². The van der Waals surface area contributed by atoms with Gasteiger partial charge in [0.2, 0.25) is 0 Å². The maximum atomic E-state index is 12.4. The zero-order valence-electron chi connectivity index (χ0n) is 19.7. The van der Waals surface area contributed by atoms with E-state index >= 15 is 0 Å². The summed E-state index contributed by atoms with van der Waals surface area (Å²) in [5.41, 5.74) is 6.69. The summed E-state index contributed by atoms with van der Waals surface area (Å²) in [5.74, 6) is -1.00. The van der Waals surface area contributed by atoms with E-state index in [1.807, 2.05) is 71.0 Å². The molecule has 0 saturated carbocycles. The summed E-state index contributed by atoms with van der Waals surface area (Å²) >= 11 is 0. The molecule has 0 aliphatic heterocycles. The minimum absolute atomic E-state index is 0.621. The molecule has 0 amide bonds. The van der Waals surface area contributed by atoms with Crippen molar-refractivity contribution >= 4 is 16.9 Å². The van der Waals surface area contributed by atoms with Crippen LogP contribution in [0.15, 0.2) is 72.8 Å². The monoisotopic (exact) mass is 439 g/mol. The fourth-order valence-electron chi connectivity index (χ4n) is 4.22. The van der Waals surface area contributed by atoms with Gasteiger partial charge < -0.3 is 9.84 Å². The Morgan fingerprint density at radius 2 is 1.48 bits per heavy atom. The molecule has 4 rings (SSSR count). The van der Waals surface area contributed by atoms with Gasteiger partial charge in [-0.1, -0.05) is 60.7 Å². The summed E-state index contributed by atoms with van der Waals surface area (Å²) < 4.78 is 6.07. The summed E-state index contributed by atoms with van der Waals surface area (Å²) in [6.07, 6.45) is -1.10. The Balaban J connectivity index is 1.97. The van der Waals surface area contributed by atoms with Crippen LogP contribution in [0.1, 0.15) is 43.7 Å². The van der Waals surface area contributed by atoms with Gasteiger partial charge in [0.25, 0.3) is 0 Å². The smallest absolute Gasteiger partial charge is 0.337 e. The number of ether oxygens (including phenoxy) is 1. The van der Waals surface area contributed by atoms with Gasteiger partial charge in [0.15, 0.2) is 6.10 Å². The van der Waals surface area contributed by atoms with Crippen LogP contribution in [-0.2, 0) is 9.53 Å². The Kier molecular flexibility index (Phi) is 6.05. The van der Waals surface area contributed by atoms with Gasteiger partial charge >= 0.3 is 5.97 Å². The molecule has 1 N–H and O–H groups in total. The molecule has 0 aliphatic carbocycles. The van der Waals surface area contributed by atoms with Crippen LogP contribution in [0.25, 0.3) is 33.2 Å². The highest BCUT2D eigenvalue weighted by atomic mass is 16.5. The van der Waals surface area contributed by atoms with Gasteiger partial charge in [-0.2, -0.15) is 0 Å². The van der Waals surface area contributed by atoms with Crippen LogP contribution in [0, 0.1) is 13.8 Å². The van der Waals surface area contributed by atoms with E-state index in [-0.39, 0.29) is 0 Å². The number of carbonyl (C=O) groups is 1. The standard InChI is InChI=1S/C29H29NO3/c1-18-17-24-23(16-11-19(2)30-24)26(25(18)27(28(31)32)33-29(3,4)5)22-14-12-21(13-15-22)20-9-7-6-8-10-20/h6-17,27H,1-5H3,(H,31,32). The highest BCUT2D eigenvalue weighted by molar-refractivity contribution is 5.99. The summed E-state index contributed by atoms with van der Waals surface area (Å²) in [5, 5.41) is 11.1. The summed E-state index contributed by atoms with van der Waals surface area (Å²) in [6, 6.07) is 24.4. The molecule has 1 heterocycles. The number of fused-ring (bicyclic) bond motifs is 1. The van der Waals surface area contributed by atoms with Crippen molar-refractivity contribution in [2.24, 2.45) is 0 Å². The fourth-order valence-corrected chi connectivity index (χ4v) is 4.22. The molecule has 1 atom stereocenters. The maximum absolute atomic E-state index is 12.4. The molecule has 0 bridgehead atoms. The SMILES string of the molecule is Cc1ccc2c(-c3ccc(-c4ccccc4)cc3)c(C(OC(C)(C)C)C(=O)O)c(C)cc2n1. The first-order chi connectivity index (χ1) is 15.6. The van der Waals surface area contributed by atoms with Gasteiger partial charge in [-0.05, 0) is 74.6 Å². The Morgan fingerprint density at radius 1 is 0.879 bits per heavy atom. The molecule has 3 aromatic carbocycles. The second-order valence-corrected chi connectivity index (χ2v) is 9.39. The number of carboxylic acids is 1. The minimum atomic E-state index is -1.10. The van der Waals surface area contributed by atoms with E-state index in [0.29, 0.717) is 5.56 Å². The van der Waals surface area contributed by atoms with Gasteiger partial charge in [0, 0.05) is 16.6 Å². The molecular formula is C29H29NO3. The lowest BCUT2D eigenvalue weighted by Crippen LogP contribution is -2.28. The first kappa shape index (κ1) is 22.7. The van der Waals surface area contributed by atoms with Crippen molar-refractivity contribution in [3.63, 3.8) is 0 Å². The molecular weight excluding hydrogens is 410 g/mol. The topological polar surface area (TPSA) is 59.4 Å². The van der Waals surface area contributed by atoms with Crippen molar-refractivity contribution in [3.05, 3.63) is 89.6 Å². The molecule has 0 fully saturated rings. The van der Waals surface area contributed by atoms with Gasteiger partial charge in [-0.3, -0.25) is 4.98 Å². The Bertz CT molecular complexity index is 1300. The fraction of sp³-hybridized carbons (Fsp3) is 0.241. The predicted molar refractivity (Wildman–Crippen MR) is 133 cm³/mol. The summed E-state index contributed by atoms with van der Waals surface area (Å²) in [6.45, 7) is 9.51. The predicted octanol–water partition coefficient (Wildman–Crippen LogP) is 7.13. The molecule has 33 heavy (non-hydrogen) atoms. The number of aliphatic carboxylic acids is 1. The number of rotatable bonds is 5. The highest BCUT2D eigenvalue weighted by Crippen LogP contribution is 2.40. The summed E-state index contributed by atoms with van der Waals surface area (Å²) in [4.78, 5) is 17.1. The number of nitrogens with zero attached hydrogens (tertiary/aromatic N) is 1. The van der Waals surface area contributed by atoms with Gasteiger partial charge in [-0.25, -0.2) is 4.79 Å². The van der Waals surface area contributed by atoms with Crippen LogP contribution >= 0.6 is 0 Å². The zero-order valence-corrected chi connectivity index (χ0v) is 19.7. The maximum Gasteiger partial charge on any atom is 0.337 e. The largest absolute Gasteiger partial charge is 0.479 e. The molecule has 1 unspecified atom stereocenters. The van der Waals surface area contributed by atoms with Crippen LogP contribution in [-0.4, -0.2) is 21.7 Å². The van der Waals surface area contributed by atoms with E-state index in [1.165, 1.54) is 0 Å². The lowest BCUT2D eigenvalue weighted by molar-refractivity contribution is -0.160. The van der Waals surface area contributed by atoms with Crippen molar-refractivity contribution in [2.75, 3.05) is 0 Å². The molecule has 4 heteroatoms. The van der Waals surface area contributed by atoms with Gasteiger partial charge in [0.1, 0.15) is 0 Å². The number of aromatic nitrogens is 1. The Morgan fingerprint density at radius 3 is 2.09 bits per heavy atom. The van der Waals surface area contributed by atoms with Crippen molar-refractivity contribution in [3.8, 4) is 22.3 Å². The third-order valence-corrected chi connectivity index (χ3v) is 5.62. The molecule has 0 saturated heterocycles. The van der Waals surface area contributed by atoms with Gasteiger partial charge in [-0.15, -0.1) is 0 Å². The second-order valence-electron chi connectivity index (χ2n) is 9.39. The molecule has 4 nitrogen and oxygen atoms in total. The zero-order chi connectivity index (χ0) is 23.8. The molecule has 4 aromatic rings. The number of carboxylic acid groups (broad SMARTS) is 1. The first-order valence-electron chi connectivity index (χ1n) is 11.1. The number of hydrogen-bond donors (Lipinski definition) is 1. The quantitative estimate of drug-likeness (QED) is 0.359. The van der Waals surface area contributed by atoms with Crippen LogP contribution < -0.4 is 0 Å². The molecule has 0 aliphatic rings. The lowest BCUT2D eigenvalue weighted by atomic mass is 9.87. The van der Waals surface area contributed by atoms with Gasteiger partial charge in [0.05, 0.1) is 11.1 Å². The number of aryl methyl sites for hydroxylation is 2. The van der Waals surface area contributed by atoms with Crippen LogP contribution in [0.2, 0.25) is 0 Å². The third-order valence-electron chi connectivity index (χ3n) is 5.62. The lowest BCUT2D eigenvalue weighted by Gasteiger charge is -2.28. The average molecular weight is 440 g/mol. The Labute approximate surface area is 194 Å². The number of pyridine rings is 1. The highest BCUT2D eigenvalue weighted by Gasteiger charge is 2.31. The van der Waals surface area contributed by atoms with E-state index < -0.39 is 17.7 Å². The van der Waals surface area contributed by atoms with E-state index in [9.17, 15) is 9.90 Å². The minimum Gasteiger partial charge on any atom is -0.479 e. The molecule has 168 valence electrons. The van der Waals surface area contributed by atoms with E-state index in [4.69, 9.17) is 9.72 Å². The van der Waals surface area contributed by atoms with Crippen LogP contribution in [0.3, 0.4) is 0 Å².